The highest BCUT2D eigenvalue weighted by Crippen LogP contribution is 2.10. The summed E-state index contributed by atoms with van der Waals surface area (Å²) < 4.78 is 0. The van der Waals surface area contributed by atoms with Gasteiger partial charge in [0.1, 0.15) is 0 Å². The average molecular weight is 150 g/mol. The van der Waals surface area contributed by atoms with Gasteiger partial charge in [-0.1, -0.05) is 0 Å². The first-order valence-corrected chi connectivity index (χ1v) is 3.27. The normalized spacial score (nSPS) is 14.4. The summed E-state index contributed by atoms with van der Waals surface area (Å²) in [4.78, 5) is 24.2. The minimum atomic E-state index is -0.235. The van der Waals surface area contributed by atoms with E-state index in [-0.39, 0.29) is 11.5 Å². The number of carbonyl (C=O) groups excluding carboxylic acids is 1. The standard InChI is InChI=1S/C7H6N2O2/c10-6-1-5-4(2-8-6)3-9-7(5)11/h1-2H,3H2,(H,8,10)(H,9,11). The minimum absolute atomic E-state index is 0.161. The van der Waals surface area contributed by atoms with Crippen LogP contribution in [0.1, 0.15) is 15.9 Å². The molecular weight excluding hydrogens is 144 g/mol. The molecule has 1 amide bonds. The van der Waals surface area contributed by atoms with E-state index < -0.39 is 0 Å². The molecule has 1 aromatic heterocycles. The number of nitrogens with one attached hydrogen (secondary N) is 2. The van der Waals surface area contributed by atoms with Crippen LogP contribution in [-0.4, -0.2) is 10.9 Å². The van der Waals surface area contributed by atoms with Crippen LogP contribution in [-0.2, 0) is 6.54 Å². The van der Waals surface area contributed by atoms with Crippen molar-refractivity contribution in [2.24, 2.45) is 0 Å². The summed E-state index contributed by atoms with van der Waals surface area (Å²) in [6.07, 6.45) is 1.57. The highest BCUT2D eigenvalue weighted by atomic mass is 16.2. The number of aromatic nitrogens is 1. The van der Waals surface area contributed by atoms with E-state index in [2.05, 4.69) is 10.3 Å². The number of fused-ring (bicyclic) bond motifs is 1. The predicted octanol–water partition coefficient (Wildman–Crippen LogP) is -0.382. The van der Waals surface area contributed by atoms with Crippen molar-refractivity contribution in [3.05, 3.63) is 33.7 Å². The summed E-state index contributed by atoms with van der Waals surface area (Å²) in [5.74, 6) is -0.161. The Morgan fingerprint density at radius 1 is 1.36 bits per heavy atom. The molecule has 0 unspecified atom stereocenters. The highest BCUT2D eigenvalue weighted by molar-refractivity contribution is 5.97. The number of H-pyrrole nitrogens is 1. The van der Waals surface area contributed by atoms with Crippen molar-refractivity contribution in [2.75, 3.05) is 0 Å². The predicted molar refractivity (Wildman–Crippen MR) is 38.2 cm³/mol. The second kappa shape index (κ2) is 1.95. The maximum absolute atomic E-state index is 11.0. The summed E-state index contributed by atoms with van der Waals surface area (Å²) >= 11 is 0. The van der Waals surface area contributed by atoms with Gasteiger partial charge in [-0.15, -0.1) is 0 Å². The molecule has 1 aliphatic rings. The molecule has 11 heavy (non-hydrogen) atoms. The quantitative estimate of drug-likeness (QED) is 0.529. The zero-order valence-corrected chi connectivity index (χ0v) is 5.68. The second-order valence-corrected chi connectivity index (χ2v) is 2.42. The van der Waals surface area contributed by atoms with Gasteiger partial charge in [-0.3, -0.25) is 9.59 Å². The van der Waals surface area contributed by atoms with Gasteiger partial charge in [0.05, 0.1) is 5.56 Å². The van der Waals surface area contributed by atoms with Gasteiger partial charge >= 0.3 is 0 Å². The van der Waals surface area contributed by atoms with Gasteiger partial charge in [0.25, 0.3) is 5.91 Å². The average Bonchev–Trinajstić information content (AvgIpc) is 2.33. The fraction of sp³-hybridized carbons (Fsp3) is 0.143. The lowest BCUT2D eigenvalue weighted by atomic mass is 10.2. The molecule has 0 aliphatic carbocycles. The van der Waals surface area contributed by atoms with E-state index in [4.69, 9.17) is 0 Å². The van der Waals surface area contributed by atoms with Crippen LogP contribution in [0.2, 0.25) is 0 Å². The first-order chi connectivity index (χ1) is 5.27. The highest BCUT2D eigenvalue weighted by Gasteiger charge is 2.18. The number of pyridine rings is 1. The Balaban J connectivity index is 2.70. The van der Waals surface area contributed by atoms with E-state index in [9.17, 15) is 9.59 Å². The fourth-order valence-corrected chi connectivity index (χ4v) is 1.13. The molecule has 0 aromatic carbocycles. The molecule has 0 bridgehead atoms. The Hall–Kier alpha value is -1.58. The minimum Gasteiger partial charge on any atom is -0.348 e. The van der Waals surface area contributed by atoms with Crippen LogP contribution in [0, 0.1) is 0 Å². The number of carbonyl (C=O) groups is 1. The van der Waals surface area contributed by atoms with E-state index in [0.29, 0.717) is 12.1 Å². The van der Waals surface area contributed by atoms with E-state index in [0.717, 1.165) is 5.56 Å². The monoisotopic (exact) mass is 150 g/mol. The molecule has 2 rings (SSSR count). The van der Waals surface area contributed by atoms with Crippen molar-refractivity contribution < 1.29 is 4.79 Å². The first-order valence-electron chi connectivity index (χ1n) is 3.27. The topological polar surface area (TPSA) is 62.0 Å². The Morgan fingerprint density at radius 2 is 2.18 bits per heavy atom. The van der Waals surface area contributed by atoms with Crippen molar-refractivity contribution in [1.82, 2.24) is 10.3 Å². The van der Waals surface area contributed by atoms with Crippen molar-refractivity contribution >= 4 is 5.91 Å². The Bertz CT molecular complexity index is 367. The van der Waals surface area contributed by atoms with Gasteiger partial charge in [-0.2, -0.15) is 0 Å². The third kappa shape index (κ3) is 0.832. The molecule has 0 saturated carbocycles. The van der Waals surface area contributed by atoms with E-state index in [1.807, 2.05) is 0 Å². The summed E-state index contributed by atoms with van der Waals surface area (Å²) in [7, 11) is 0. The smallest absolute Gasteiger partial charge is 0.252 e. The van der Waals surface area contributed by atoms with Gasteiger partial charge < -0.3 is 10.3 Å². The molecule has 4 heteroatoms. The van der Waals surface area contributed by atoms with Crippen molar-refractivity contribution in [3.8, 4) is 0 Å². The maximum atomic E-state index is 11.0. The van der Waals surface area contributed by atoms with Gasteiger partial charge in [0, 0.05) is 24.4 Å². The van der Waals surface area contributed by atoms with Crippen LogP contribution in [0.5, 0.6) is 0 Å². The van der Waals surface area contributed by atoms with Crippen molar-refractivity contribution in [1.29, 1.82) is 0 Å². The summed E-state index contributed by atoms with van der Waals surface area (Å²) in [6.45, 7) is 0.519. The van der Waals surface area contributed by atoms with Crippen LogP contribution >= 0.6 is 0 Å². The number of rotatable bonds is 0. The zero-order valence-electron chi connectivity index (χ0n) is 5.68. The summed E-state index contributed by atoms with van der Waals surface area (Å²) in [6, 6.07) is 1.32. The zero-order chi connectivity index (χ0) is 7.84. The number of amides is 1. The van der Waals surface area contributed by atoms with Crippen LogP contribution < -0.4 is 10.9 Å². The van der Waals surface area contributed by atoms with Crippen LogP contribution in [0.3, 0.4) is 0 Å². The molecule has 0 spiro atoms. The molecular formula is C7H6N2O2. The molecule has 0 atom stereocenters. The van der Waals surface area contributed by atoms with E-state index in [1.54, 1.807) is 6.20 Å². The van der Waals surface area contributed by atoms with Crippen molar-refractivity contribution in [2.45, 2.75) is 6.54 Å². The third-order valence-corrected chi connectivity index (χ3v) is 1.69. The van der Waals surface area contributed by atoms with Crippen LogP contribution in [0.4, 0.5) is 0 Å². The Kier molecular flexibility index (Phi) is 1.09. The third-order valence-electron chi connectivity index (χ3n) is 1.69. The van der Waals surface area contributed by atoms with Crippen LogP contribution in [0.15, 0.2) is 17.1 Å². The molecule has 0 radical (unpaired) electrons. The van der Waals surface area contributed by atoms with E-state index >= 15 is 0 Å². The van der Waals surface area contributed by atoms with E-state index in [1.165, 1.54) is 6.07 Å². The summed E-state index contributed by atoms with van der Waals surface area (Å²) in [5.41, 5.74) is 1.11. The molecule has 1 aromatic rings. The molecule has 4 nitrogen and oxygen atoms in total. The molecule has 0 fully saturated rings. The molecule has 56 valence electrons. The maximum Gasteiger partial charge on any atom is 0.252 e. The summed E-state index contributed by atoms with van der Waals surface area (Å²) in [5, 5.41) is 2.61. The SMILES string of the molecule is O=C1NCc2c[nH]c(=O)cc21. The van der Waals surface area contributed by atoms with Gasteiger partial charge in [0.15, 0.2) is 0 Å². The fourth-order valence-electron chi connectivity index (χ4n) is 1.13. The lowest BCUT2D eigenvalue weighted by molar-refractivity contribution is 0.0965. The molecule has 0 saturated heterocycles. The molecule has 2 heterocycles. The largest absolute Gasteiger partial charge is 0.348 e. The number of aromatic amines is 1. The lowest BCUT2D eigenvalue weighted by Gasteiger charge is -1.90. The Morgan fingerprint density at radius 3 is 3.00 bits per heavy atom. The van der Waals surface area contributed by atoms with Gasteiger partial charge in [0.2, 0.25) is 5.56 Å². The Labute approximate surface area is 62.2 Å². The molecule has 2 N–H and O–H groups in total. The van der Waals surface area contributed by atoms with Crippen LogP contribution in [0.25, 0.3) is 0 Å². The molecule has 1 aliphatic heterocycles. The number of hydrogen-bond donors (Lipinski definition) is 2. The lowest BCUT2D eigenvalue weighted by Crippen LogP contribution is -2.13. The first kappa shape index (κ1) is 6.15. The van der Waals surface area contributed by atoms with Crippen molar-refractivity contribution in [3.63, 3.8) is 0 Å². The van der Waals surface area contributed by atoms with Gasteiger partial charge in [-0.25, -0.2) is 0 Å². The number of hydrogen-bond acceptors (Lipinski definition) is 2. The second-order valence-electron chi connectivity index (χ2n) is 2.42. The van der Waals surface area contributed by atoms with Gasteiger partial charge in [-0.05, 0) is 0 Å².